The normalized spacial score (nSPS) is 10.7. The first-order chi connectivity index (χ1) is 6.53. The third-order valence-electron chi connectivity index (χ3n) is 1.57. The summed E-state index contributed by atoms with van der Waals surface area (Å²) in [5.41, 5.74) is 0.479. The van der Waals surface area contributed by atoms with Crippen LogP contribution in [0, 0.1) is 0 Å². The van der Waals surface area contributed by atoms with Crippen molar-refractivity contribution in [2.24, 2.45) is 0 Å². The molecule has 86 valence electrons. The molecular formula is C9H11ClF3NO. The molecule has 0 spiro atoms. The van der Waals surface area contributed by atoms with Crippen LogP contribution < -0.4 is 10.1 Å². The number of para-hydroxylation sites is 1. The van der Waals surface area contributed by atoms with Gasteiger partial charge in [-0.1, -0.05) is 18.2 Å². The highest BCUT2D eigenvalue weighted by molar-refractivity contribution is 5.85. The Kier molecular flexibility index (Phi) is 5.46. The summed E-state index contributed by atoms with van der Waals surface area (Å²) in [5, 5.41) is 2.76. The van der Waals surface area contributed by atoms with Gasteiger partial charge in [-0.15, -0.1) is 25.6 Å². The van der Waals surface area contributed by atoms with Gasteiger partial charge >= 0.3 is 6.36 Å². The van der Waals surface area contributed by atoms with Crippen LogP contribution in [0.15, 0.2) is 24.3 Å². The molecule has 0 bridgehead atoms. The van der Waals surface area contributed by atoms with Gasteiger partial charge in [0, 0.05) is 12.1 Å². The van der Waals surface area contributed by atoms with Crippen LogP contribution in [0.3, 0.4) is 0 Å². The van der Waals surface area contributed by atoms with E-state index < -0.39 is 6.36 Å². The van der Waals surface area contributed by atoms with Crippen LogP contribution in [-0.4, -0.2) is 13.4 Å². The Morgan fingerprint density at radius 3 is 2.40 bits per heavy atom. The number of halogens is 4. The minimum atomic E-state index is -4.64. The molecule has 0 heterocycles. The topological polar surface area (TPSA) is 21.3 Å². The largest absolute Gasteiger partial charge is 0.573 e. The third-order valence-corrected chi connectivity index (χ3v) is 1.57. The summed E-state index contributed by atoms with van der Waals surface area (Å²) in [5.74, 6) is -0.158. The maximum absolute atomic E-state index is 11.9. The Morgan fingerprint density at radius 1 is 1.27 bits per heavy atom. The second-order valence-corrected chi connectivity index (χ2v) is 2.69. The summed E-state index contributed by atoms with van der Waals surface area (Å²) in [4.78, 5) is 0. The van der Waals surface area contributed by atoms with Crippen LogP contribution in [0.1, 0.15) is 5.56 Å². The number of hydrogen-bond donors (Lipinski definition) is 1. The number of alkyl halides is 3. The summed E-state index contributed by atoms with van der Waals surface area (Å²) in [6.07, 6.45) is -4.64. The lowest BCUT2D eigenvalue weighted by Gasteiger charge is -2.12. The van der Waals surface area contributed by atoms with Crippen LogP contribution in [0.4, 0.5) is 13.2 Å². The van der Waals surface area contributed by atoms with Crippen LogP contribution in [0.25, 0.3) is 0 Å². The first kappa shape index (κ1) is 14.1. The van der Waals surface area contributed by atoms with E-state index in [1.54, 1.807) is 19.2 Å². The predicted octanol–water partition coefficient (Wildman–Crippen LogP) is 2.73. The molecule has 0 amide bonds. The molecule has 1 aromatic rings. The summed E-state index contributed by atoms with van der Waals surface area (Å²) in [6, 6.07) is 6.04. The fraction of sp³-hybridized carbons (Fsp3) is 0.333. The molecule has 1 N–H and O–H groups in total. The Hall–Kier alpha value is -0.940. The van der Waals surface area contributed by atoms with Crippen molar-refractivity contribution in [1.29, 1.82) is 0 Å². The molecule has 1 rings (SSSR count). The molecule has 0 aliphatic rings. The Bertz CT molecular complexity index is 304. The Balaban J connectivity index is 0.00000196. The highest BCUT2D eigenvalue weighted by Crippen LogP contribution is 2.25. The van der Waals surface area contributed by atoms with E-state index in [2.05, 4.69) is 10.1 Å². The molecule has 0 unspecified atom stereocenters. The van der Waals surface area contributed by atoms with E-state index in [1.165, 1.54) is 12.1 Å². The lowest BCUT2D eigenvalue weighted by Crippen LogP contribution is -2.19. The molecular weight excluding hydrogens is 231 g/mol. The lowest BCUT2D eigenvalue weighted by atomic mass is 10.2. The van der Waals surface area contributed by atoms with Crippen LogP contribution in [0.2, 0.25) is 0 Å². The molecule has 0 fully saturated rings. The molecule has 1 aromatic carbocycles. The highest BCUT2D eigenvalue weighted by Gasteiger charge is 2.31. The van der Waals surface area contributed by atoms with E-state index in [9.17, 15) is 13.2 Å². The van der Waals surface area contributed by atoms with E-state index in [4.69, 9.17) is 0 Å². The summed E-state index contributed by atoms with van der Waals surface area (Å²) in [6.45, 7) is 0.340. The van der Waals surface area contributed by atoms with Crippen molar-refractivity contribution in [1.82, 2.24) is 5.32 Å². The molecule has 15 heavy (non-hydrogen) atoms. The molecule has 0 atom stereocenters. The zero-order valence-electron chi connectivity index (χ0n) is 7.97. The molecule has 2 nitrogen and oxygen atoms in total. The van der Waals surface area contributed by atoms with Crippen molar-refractivity contribution in [3.05, 3.63) is 29.8 Å². The van der Waals surface area contributed by atoms with Gasteiger partial charge in [0.2, 0.25) is 0 Å². The average Bonchev–Trinajstić information content (AvgIpc) is 2.06. The second kappa shape index (κ2) is 5.82. The number of nitrogens with one attached hydrogen (secondary N) is 1. The van der Waals surface area contributed by atoms with Crippen molar-refractivity contribution >= 4 is 12.4 Å². The third kappa shape index (κ3) is 4.90. The van der Waals surface area contributed by atoms with Gasteiger partial charge in [0.25, 0.3) is 0 Å². The van der Waals surface area contributed by atoms with Crippen molar-refractivity contribution in [3.8, 4) is 5.75 Å². The van der Waals surface area contributed by atoms with Crippen LogP contribution in [0.5, 0.6) is 5.75 Å². The Morgan fingerprint density at radius 2 is 1.87 bits per heavy atom. The minimum absolute atomic E-state index is 0. The molecule has 6 heteroatoms. The van der Waals surface area contributed by atoms with Crippen LogP contribution >= 0.6 is 12.4 Å². The standard InChI is InChI=1S/C9H10F3NO.ClH/c1-13-6-7-4-2-3-5-8(7)14-9(10,11)12;/h2-5,13H,6H2,1H3;1H. The monoisotopic (exact) mass is 241 g/mol. The summed E-state index contributed by atoms with van der Waals surface area (Å²) < 4.78 is 39.6. The molecule has 0 saturated carbocycles. The predicted molar refractivity (Wildman–Crippen MR) is 53.1 cm³/mol. The lowest BCUT2D eigenvalue weighted by molar-refractivity contribution is -0.274. The maximum atomic E-state index is 11.9. The van der Waals surface area contributed by atoms with Gasteiger partial charge < -0.3 is 10.1 Å². The van der Waals surface area contributed by atoms with E-state index in [1.807, 2.05) is 0 Å². The van der Waals surface area contributed by atoms with Crippen molar-refractivity contribution in [2.75, 3.05) is 7.05 Å². The molecule has 0 aromatic heterocycles. The fourth-order valence-electron chi connectivity index (χ4n) is 1.06. The highest BCUT2D eigenvalue weighted by atomic mass is 35.5. The van der Waals surface area contributed by atoms with Gasteiger partial charge in [0.1, 0.15) is 5.75 Å². The first-order valence-corrected chi connectivity index (χ1v) is 4.01. The van der Waals surface area contributed by atoms with Gasteiger partial charge in [0.05, 0.1) is 0 Å². The van der Waals surface area contributed by atoms with Gasteiger partial charge in [-0.3, -0.25) is 0 Å². The van der Waals surface area contributed by atoms with Crippen molar-refractivity contribution in [3.63, 3.8) is 0 Å². The number of benzene rings is 1. The van der Waals surface area contributed by atoms with Gasteiger partial charge in [0.15, 0.2) is 0 Å². The maximum Gasteiger partial charge on any atom is 0.573 e. The fourth-order valence-corrected chi connectivity index (χ4v) is 1.06. The molecule has 0 aliphatic heterocycles. The molecule has 0 aliphatic carbocycles. The quantitative estimate of drug-likeness (QED) is 0.879. The first-order valence-electron chi connectivity index (χ1n) is 4.01. The zero-order chi connectivity index (χ0) is 10.6. The van der Waals surface area contributed by atoms with E-state index in [-0.39, 0.29) is 18.2 Å². The molecule has 0 radical (unpaired) electrons. The number of rotatable bonds is 3. The number of hydrogen-bond acceptors (Lipinski definition) is 2. The van der Waals surface area contributed by atoms with Crippen LogP contribution in [-0.2, 0) is 6.54 Å². The van der Waals surface area contributed by atoms with E-state index >= 15 is 0 Å². The summed E-state index contributed by atoms with van der Waals surface area (Å²) in [7, 11) is 1.66. The van der Waals surface area contributed by atoms with Gasteiger partial charge in [-0.2, -0.15) is 0 Å². The number of ether oxygens (including phenoxy) is 1. The van der Waals surface area contributed by atoms with Gasteiger partial charge in [-0.25, -0.2) is 0 Å². The second-order valence-electron chi connectivity index (χ2n) is 2.69. The smallest absolute Gasteiger partial charge is 0.405 e. The van der Waals surface area contributed by atoms with E-state index in [0.717, 1.165) is 0 Å². The van der Waals surface area contributed by atoms with Crippen molar-refractivity contribution < 1.29 is 17.9 Å². The SMILES string of the molecule is CNCc1ccccc1OC(F)(F)F.Cl. The zero-order valence-corrected chi connectivity index (χ0v) is 8.78. The molecule has 0 saturated heterocycles. The average molecular weight is 242 g/mol. The summed E-state index contributed by atoms with van der Waals surface area (Å²) >= 11 is 0. The van der Waals surface area contributed by atoms with Gasteiger partial charge in [-0.05, 0) is 13.1 Å². The van der Waals surface area contributed by atoms with Crippen molar-refractivity contribution in [2.45, 2.75) is 12.9 Å². The Labute approximate surface area is 91.8 Å². The minimum Gasteiger partial charge on any atom is -0.405 e. The van der Waals surface area contributed by atoms with E-state index in [0.29, 0.717) is 12.1 Å².